The molecule has 0 fully saturated rings. The number of nitrogens with zero attached hydrogens (tertiary/aromatic N) is 2. The van der Waals surface area contributed by atoms with Gasteiger partial charge in [-0.25, -0.2) is 0 Å². The van der Waals surface area contributed by atoms with Crippen LogP contribution >= 0.6 is 0 Å². The average Bonchev–Trinajstić information content (AvgIpc) is 3.53. The van der Waals surface area contributed by atoms with Gasteiger partial charge in [0.15, 0.2) is 0 Å². The van der Waals surface area contributed by atoms with E-state index >= 15 is 0 Å². The van der Waals surface area contributed by atoms with Crippen molar-refractivity contribution in [2.75, 3.05) is 4.90 Å². The van der Waals surface area contributed by atoms with Gasteiger partial charge in [-0.05, 0) is 100 Å². The van der Waals surface area contributed by atoms with Gasteiger partial charge in [-0.2, -0.15) is 0 Å². The predicted molar refractivity (Wildman–Crippen MR) is 212 cm³/mol. The van der Waals surface area contributed by atoms with E-state index in [2.05, 4.69) is 216 Å². The standard InChI is InChI=1S/C48H34N2/c1-5-15-35(16-6-1)36-25-29-41(30-26-36)49(39-19-9-3-10-20-39)42-31-27-38(28-32-42)44-33-46-43-23-13-14-24-47(43)50(40-21-11-4-12-22-40)48(46)34-45(44)37-17-7-2-8-18-37/h1-34H. The molecule has 0 bridgehead atoms. The van der Waals surface area contributed by atoms with E-state index in [4.69, 9.17) is 0 Å². The van der Waals surface area contributed by atoms with Gasteiger partial charge in [0, 0.05) is 33.5 Å². The summed E-state index contributed by atoms with van der Waals surface area (Å²) in [6, 6.07) is 74.0. The molecular weight excluding hydrogens is 605 g/mol. The van der Waals surface area contributed by atoms with Crippen molar-refractivity contribution in [2.24, 2.45) is 0 Å². The monoisotopic (exact) mass is 638 g/mol. The van der Waals surface area contributed by atoms with Crippen LogP contribution in [0, 0.1) is 0 Å². The fourth-order valence-corrected chi connectivity index (χ4v) is 7.21. The number of hydrogen-bond donors (Lipinski definition) is 0. The fraction of sp³-hybridized carbons (Fsp3) is 0. The van der Waals surface area contributed by atoms with Gasteiger partial charge >= 0.3 is 0 Å². The van der Waals surface area contributed by atoms with Crippen LogP contribution in [0.15, 0.2) is 206 Å². The lowest BCUT2D eigenvalue weighted by Gasteiger charge is -2.26. The van der Waals surface area contributed by atoms with Gasteiger partial charge in [-0.1, -0.05) is 140 Å². The topological polar surface area (TPSA) is 8.17 Å². The Morgan fingerprint density at radius 3 is 1.38 bits per heavy atom. The molecule has 9 aromatic rings. The van der Waals surface area contributed by atoms with Crippen LogP contribution < -0.4 is 4.90 Å². The molecule has 0 atom stereocenters. The van der Waals surface area contributed by atoms with Crippen molar-refractivity contribution >= 4 is 38.9 Å². The lowest BCUT2D eigenvalue weighted by atomic mass is 9.92. The zero-order valence-electron chi connectivity index (χ0n) is 27.5. The summed E-state index contributed by atoms with van der Waals surface area (Å²) in [5.74, 6) is 0. The van der Waals surface area contributed by atoms with E-state index in [1.807, 2.05) is 0 Å². The number of fused-ring (bicyclic) bond motifs is 3. The summed E-state index contributed by atoms with van der Waals surface area (Å²) in [6.45, 7) is 0. The maximum atomic E-state index is 2.39. The summed E-state index contributed by atoms with van der Waals surface area (Å²) < 4.78 is 2.39. The Balaban J connectivity index is 1.19. The van der Waals surface area contributed by atoms with Crippen LogP contribution in [0.1, 0.15) is 0 Å². The third-order valence-electron chi connectivity index (χ3n) is 9.59. The number of aromatic nitrogens is 1. The Labute approximate surface area is 292 Å². The molecule has 236 valence electrons. The van der Waals surface area contributed by atoms with Gasteiger partial charge < -0.3 is 9.47 Å². The summed E-state index contributed by atoms with van der Waals surface area (Å²) >= 11 is 0. The Kier molecular flexibility index (Phi) is 7.53. The molecule has 8 aromatic carbocycles. The molecule has 0 amide bonds. The summed E-state index contributed by atoms with van der Waals surface area (Å²) in [5, 5.41) is 2.49. The maximum Gasteiger partial charge on any atom is 0.0547 e. The summed E-state index contributed by atoms with van der Waals surface area (Å²) in [5.41, 5.74) is 14.1. The third-order valence-corrected chi connectivity index (χ3v) is 9.59. The van der Waals surface area contributed by atoms with E-state index < -0.39 is 0 Å². The van der Waals surface area contributed by atoms with Crippen LogP contribution in [0.25, 0.3) is 60.9 Å². The van der Waals surface area contributed by atoms with E-state index in [0.29, 0.717) is 0 Å². The predicted octanol–water partition coefficient (Wildman–Crippen LogP) is 13.3. The van der Waals surface area contributed by atoms with Gasteiger partial charge in [0.1, 0.15) is 0 Å². The Morgan fingerprint density at radius 1 is 0.300 bits per heavy atom. The minimum absolute atomic E-state index is 1.11. The number of anilines is 3. The molecule has 9 rings (SSSR count). The highest BCUT2D eigenvalue weighted by Crippen LogP contribution is 2.42. The Hall–Kier alpha value is -6.64. The summed E-state index contributed by atoms with van der Waals surface area (Å²) in [6.07, 6.45) is 0. The lowest BCUT2D eigenvalue weighted by molar-refractivity contribution is 1.18. The first-order chi connectivity index (χ1) is 24.8. The van der Waals surface area contributed by atoms with Gasteiger partial charge in [0.25, 0.3) is 0 Å². The third kappa shape index (κ3) is 5.34. The molecule has 0 saturated heterocycles. The Bertz CT molecular complexity index is 2540. The molecule has 0 spiro atoms. The second-order valence-electron chi connectivity index (χ2n) is 12.6. The number of benzene rings is 8. The van der Waals surface area contributed by atoms with Gasteiger partial charge in [0.2, 0.25) is 0 Å². The van der Waals surface area contributed by atoms with Crippen LogP contribution in [-0.4, -0.2) is 4.57 Å². The molecule has 1 heterocycles. The molecule has 0 aliphatic rings. The molecular formula is C48H34N2. The normalized spacial score (nSPS) is 11.2. The van der Waals surface area contributed by atoms with Gasteiger partial charge in [0.05, 0.1) is 11.0 Å². The van der Waals surface area contributed by atoms with Gasteiger partial charge in [-0.3, -0.25) is 0 Å². The van der Waals surface area contributed by atoms with Crippen LogP contribution in [-0.2, 0) is 0 Å². The number of rotatable bonds is 7. The van der Waals surface area contributed by atoms with Gasteiger partial charge in [-0.15, -0.1) is 0 Å². The highest BCUT2D eigenvalue weighted by atomic mass is 15.1. The second-order valence-corrected chi connectivity index (χ2v) is 12.6. The molecule has 0 N–H and O–H groups in total. The summed E-state index contributed by atoms with van der Waals surface area (Å²) in [4.78, 5) is 2.33. The summed E-state index contributed by atoms with van der Waals surface area (Å²) in [7, 11) is 0. The smallest absolute Gasteiger partial charge is 0.0547 e. The molecule has 0 aliphatic carbocycles. The average molecular weight is 639 g/mol. The van der Waals surface area contributed by atoms with Crippen LogP contribution in [0.2, 0.25) is 0 Å². The molecule has 2 heteroatoms. The van der Waals surface area contributed by atoms with Crippen molar-refractivity contribution in [1.82, 2.24) is 4.57 Å². The van der Waals surface area contributed by atoms with Crippen molar-refractivity contribution < 1.29 is 0 Å². The maximum absolute atomic E-state index is 2.39. The highest BCUT2D eigenvalue weighted by Gasteiger charge is 2.18. The van der Waals surface area contributed by atoms with Crippen LogP contribution in [0.3, 0.4) is 0 Å². The van der Waals surface area contributed by atoms with E-state index in [1.165, 1.54) is 55.2 Å². The van der Waals surface area contributed by atoms with E-state index in [1.54, 1.807) is 0 Å². The van der Waals surface area contributed by atoms with E-state index in [9.17, 15) is 0 Å². The number of hydrogen-bond acceptors (Lipinski definition) is 1. The molecule has 0 radical (unpaired) electrons. The van der Waals surface area contributed by atoms with Crippen molar-refractivity contribution in [3.63, 3.8) is 0 Å². The first-order valence-electron chi connectivity index (χ1n) is 17.1. The van der Waals surface area contributed by atoms with Crippen LogP contribution in [0.4, 0.5) is 17.1 Å². The Morgan fingerprint density at radius 2 is 0.740 bits per heavy atom. The van der Waals surface area contributed by atoms with E-state index in [0.717, 1.165) is 22.7 Å². The quantitative estimate of drug-likeness (QED) is 0.169. The van der Waals surface area contributed by atoms with Crippen molar-refractivity contribution in [3.05, 3.63) is 206 Å². The molecule has 0 unspecified atom stereocenters. The molecule has 2 nitrogen and oxygen atoms in total. The lowest BCUT2D eigenvalue weighted by Crippen LogP contribution is -2.09. The minimum atomic E-state index is 1.11. The first-order valence-corrected chi connectivity index (χ1v) is 17.1. The largest absolute Gasteiger partial charge is 0.311 e. The van der Waals surface area contributed by atoms with Crippen molar-refractivity contribution in [3.8, 4) is 39.1 Å². The zero-order valence-corrected chi connectivity index (χ0v) is 27.5. The molecule has 0 aliphatic heterocycles. The highest BCUT2D eigenvalue weighted by molar-refractivity contribution is 6.12. The van der Waals surface area contributed by atoms with Crippen molar-refractivity contribution in [1.29, 1.82) is 0 Å². The fourth-order valence-electron chi connectivity index (χ4n) is 7.21. The van der Waals surface area contributed by atoms with E-state index in [-0.39, 0.29) is 0 Å². The minimum Gasteiger partial charge on any atom is -0.311 e. The number of para-hydroxylation sites is 3. The van der Waals surface area contributed by atoms with Crippen molar-refractivity contribution in [2.45, 2.75) is 0 Å². The zero-order chi connectivity index (χ0) is 33.3. The van der Waals surface area contributed by atoms with Crippen LogP contribution in [0.5, 0.6) is 0 Å². The first kappa shape index (κ1) is 29.5. The molecule has 0 saturated carbocycles. The SMILES string of the molecule is c1ccc(-c2ccc(N(c3ccccc3)c3ccc(-c4cc5c6ccccc6n(-c6ccccc6)c5cc4-c4ccccc4)cc3)cc2)cc1. The molecule has 50 heavy (non-hydrogen) atoms. The second kappa shape index (κ2) is 12.8. The molecule has 1 aromatic heterocycles.